The molecule has 0 spiro atoms. The predicted octanol–water partition coefficient (Wildman–Crippen LogP) is 2.15. The highest BCUT2D eigenvalue weighted by Gasteiger charge is 2.14. The molecule has 1 amide bonds. The van der Waals surface area contributed by atoms with Crippen molar-refractivity contribution in [2.24, 2.45) is 0 Å². The van der Waals surface area contributed by atoms with Crippen LogP contribution in [0.15, 0.2) is 24.3 Å². The highest BCUT2D eigenvalue weighted by molar-refractivity contribution is 5.77. The minimum atomic E-state index is -0.363. The number of likely N-dealkylation sites (N-methyl/N-ethyl adjacent to an activating group) is 1. The van der Waals surface area contributed by atoms with Gasteiger partial charge in [-0.1, -0.05) is 12.5 Å². The molecule has 0 N–H and O–H groups in total. The van der Waals surface area contributed by atoms with Gasteiger partial charge in [0.2, 0.25) is 0 Å². The molecule has 1 saturated heterocycles. The molecule has 1 aliphatic heterocycles. The SMILES string of the molecule is CN(CCN1CCCCC1)C(=O)COc1cccc(F)c1. The average molecular weight is 294 g/mol. The highest BCUT2D eigenvalue weighted by atomic mass is 19.1. The summed E-state index contributed by atoms with van der Waals surface area (Å²) in [6.45, 7) is 3.80. The molecule has 1 aliphatic rings. The zero-order valence-electron chi connectivity index (χ0n) is 12.6. The van der Waals surface area contributed by atoms with Crippen LogP contribution in [0.1, 0.15) is 19.3 Å². The number of carbonyl (C=O) groups is 1. The lowest BCUT2D eigenvalue weighted by molar-refractivity contribution is -0.132. The summed E-state index contributed by atoms with van der Waals surface area (Å²) in [7, 11) is 1.78. The number of rotatable bonds is 6. The van der Waals surface area contributed by atoms with Gasteiger partial charge in [0.15, 0.2) is 6.61 Å². The maximum atomic E-state index is 13.0. The number of nitrogens with zero attached hydrogens (tertiary/aromatic N) is 2. The van der Waals surface area contributed by atoms with Crippen molar-refractivity contribution in [2.75, 3.05) is 39.8 Å². The first-order valence-corrected chi connectivity index (χ1v) is 7.50. The van der Waals surface area contributed by atoms with Gasteiger partial charge in [-0.15, -0.1) is 0 Å². The molecule has 5 heteroatoms. The monoisotopic (exact) mass is 294 g/mol. The van der Waals surface area contributed by atoms with Crippen LogP contribution in [0.5, 0.6) is 5.75 Å². The van der Waals surface area contributed by atoms with Gasteiger partial charge in [0.05, 0.1) is 0 Å². The largest absolute Gasteiger partial charge is 0.484 e. The second-order valence-electron chi connectivity index (χ2n) is 5.46. The first-order chi connectivity index (χ1) is 10.1. The molecule has 116 valence electrons. The molecule has 0 aromatic heterocycles. The van der Waals surface area contributed by atoms with E-state index in [4.69, 9.17) is 4.74 Å². The standard InChI is InChI=1S/C16H23FN2O2/c1-18(10-11-19-8-3-2-4-9-19)16(20)13-21-15-7-5-6-14(17)12-15/h5-7,12H,2-4,8-11,13H2,1H3. The maximum absolute atomic E-state index is 13.0. The molecular weight excluding hydrogens is 271 g/mol. The minimum Gasteiger partial charge on any atom is -0.484 e. The van der Waals surface area contributed by atoms with Gasteiger partial charge in [0, 0.05) is 26.2 Å². The third-order valence-electron chi connectivity index (χ3n) is 3.78. The molecule has 21 heavy (non-hydrogen) atoms. The third-order valence-corrected chi connectivity index (χ3v) is 3.78. The molecule has 2 rings (SSSR count). The van der Waals surface area contributed by atoms with Crippen molar-refractivity contribution in [1.29, 1.82) is 0 Å². The third kappa shape index (κ3) is 5.34. The van der Waals surface area contributed by atoms with Gasteiger partial charge in [-0.25, -0.2) is 4.39 Å². The first kappa shape index (κ1) is 15.8. The summed E-state index contributed by atoms with van der Waals surface area (Å²) in [5.74, 6) is -0.0672. The van der Waals surface area contributed by atoms with Crippen molar-refractivity contribution in [3.63, 3.8) is 0 Å². The number of ether oxygens (including phenoxy) is 1. The Morgan fingerprint density at radius 1 is 1.33 bits per heavy atom. The fourth-order valence-electron chi connectivity index (χ4n) is 2.41. The molecule has 0 atom stereocenters. The van der Waals surface area contributed by atoms with Crippen molar-refractivity contribution in [3.05, 3.63) is 30.1 Å². The van der Waals surface area contributed by atoms with Crippen LogP contribution in [-0.2, 0) is 4.79 Å². The van der Waals surface area contributed by atoms with Crippen LogP contribution in [0.4, 0.5) is 4.39 Å². The van der Waals surface area contributed by atoms with Crippen molar-refractivity contribution in [3.8, 4) is 5.75 Å². The quantitative estimate of drug-likeness (QED) is 0.806. The Kier molecular flexibility index (Phi) is 5.99. The summed E-state index contributed by atoms with van der Waals surface area (Å²) in [5.41, 5.74) is 0. The second kappa shape index (κ2) is 7.98. The number of hydrogen-bond acceptors (Lipinski definition) is 3. The summed E-state index contributed by atoms with van der Waals surface area (Å²) in [4.78, 5) is 16.0. The van der Waals surface area contributed by atoms with E-state index in [0.717, 1.165) is 19.6 Å². The minimum absolute atomic E-state index is 0.0556. The van der Waals surface area contributed by atoms with Gasteiger partial charge >= 0.3 is 0 Å². The van der Waals surface area contributed by atoms with Crippen molar-refractivity contribution < 1.29 is 13.9 Å². The van der Waals surface area contributed by atoms with Gasteiger partial charge in [0.25, 0.3) is 5.91 Å². The average Bonchev–Trinajstić information content (AvgIpc) is 2.51. The van der Waals surface area contributed by atoms with E-state index in [0.29, 0.717) is 12.3 Å². The summed E-state index contributed by atoms with van der Waals surface area (Å²) < 4.78 is 18.3. The lowest BCUT2D eigenvalue weighted by Crippen LogP contribution is -2.40. The number of likely N-dealkylation sites (tertiary alicyclic amines) is 1. The number of hydrogen-bond donors (Lipinski definition) is 0. The van der Waals surface area contributed by atoms with E-state index in [2.05, 4.69) is 4.90 Å². The molecule has 1 aromatic carbocycles. The predicted molar refractivity (Wildman–Crippen MR) is 79.8 cm³/mol. The molecule has 1 heterocycles. The first-order valence-electron chi connectivity index (χ1n) is 7.50. The van der Waals surface area contributed by atoms with E-state index in [-0.39, 0.29) is 18.3 Å². The molecule has 0 radical (unpaired) electrons. The van der Waals surface area contributed by atoms with Crippen LogP contribution in [0, 0.1) is 5.82 Å². The smallest absolute Gasteiger partial charge is 0.260 e. The van der Waals surface area contributed by atoms with Crippen LogP contribution < -0.4 is 4.74 Å². The highest BCUT2D eigenvalue weighted by Crippen LogP contribution is 2.12. The van der Waals surface area contributed by atoms with Crippen LogP contribution in [0.25, 0.3) is 0 Å². The number of piperidine rings is 1. The van der Waals surface area contributed by atoms with E-state index in [1.54, 1.807) is 24.1 Å². The summed E-state index contributed by atoms with van der Waals surface area (Å²) >= 11 is 0. The van der Waals surface area contributed by atoms with E-state index < -0.39 is 0 Å². The normalized spacial score (nSPS) is 15.7. The zero-order valence-corrected chi connectivity index (χ0v) is 12.6. The van der Waals surface area contributed by atoms with Crippen LogP contribution in [0.3, 0.4) is 0 Å². The fraction of sp³-hybridized carbons (Fsp3) is 0.562. The van der Waals surface area contributed by atoms with E-state index in [1.807, 2.05) is 0 Å². The van der Waals surface area contributed by atoms with Gasteiger partial charge in [0.1, 0.15) is 11.6 Å². The Hall–Kier alpha value is -1.62. The molecule has 0 aliphatic carbocycles. The second-order valence-corrected chi connectivity index (χ2v) is 5.46. The lowest BCUT2D eigenvalue weighted by Gasteiger charge is -2.28. The van der Waals surface area contributed by atoms with Crippen molar-refractivity contribution >= 4 is 5.91 Å². The van der Waals surface area contributed by atoms with Gasteiger partial charge in [-0.3, -0.25) is 4.79 Å². The van der Waals surface area contributed by atoms with Gasteiger partial charge in [-0.2, -0.15) is 0 Å². The van der Waals surface area contributed by atoms with Gasteiger partial charge in [-0.05, 0) is 38.1 Å². The lowest BCUT2D eigenvalue weighted by atomic mass is 10.1. The molecule has 0 unspecified atom stereocenters. The Morgan fingerprint density at radius 2 is 2.10 bits per heavy atom. The Labute approximate surface area is 125 Å². The summed E-state index contributed by atoms with van der Waals surface area (Å²) in [6.07, 6.45) is 3.81. The zero-order chi connectivity index (χ0) is 15.1. The summed E-state index contributed by atoms with van der Waals surface area (Å²) in [6, 6.07) is 5.83. The van der Waals surface area contributed by atoms with Crippen LogP contribution in [-0.4, -0.2) is 55.5 Å². The maximum Gasteiger partial charge on any atom is 0.260 e. The molecule has 4 nitrogen and oxygen atoms in total. The number of halogens is 1. The Balaban J connectivity index is 1.69. The van der Waals surface area contributed by atoms with E-state index in [9.17, 15) is 9.18 Å². The van der Waals surface area contributed by atoms with Gasteiger partial charge < -0.3 is 14.5 Å². The molecule has 0 saturated carbocycles. The van der Waals surface area contributed by atoms with Crippen molar-refractivity contribution in [2.45, 2.75) is 19.3 Å². The van der Waals surface area contributed by atoms with E-state index >= 15 is 0 Å². The van der Waals surface area contributed by atoms with Crippen molar-refractivity contribution in [1.82, 2.24) is 9.80 Å². The molecule has 0 bridgehead atoms. The summed E-state index contributed by atoms with van der Waals surface area (Å²) in [5, 5.41) is 0. The molecule has 1 fully saturated rings. The topological polar surface area (TPSA) is 32.8 Å². The van der Waals surface area contributed by atoms with Crippen LogP contribution in [0.2, 0.25) is 0 Å². The number of carbonyl (C=O) groups excluding carboxylic acids is 1. The Morgan fingerprint density at radius 3 is 2.81 bits per heavy atom. The van der Waals surface area contributed by atoms with E-state index in [1.165, 1.54) is 31.4 Å². The number of amides is 1. The molecular formula is C16H23FN2O2. The number of benzene rings is 1. The van der Waals surface area contributed by atoms with Crippen LogP contribution >= 0.6 is 0 Å². The fourth-order valence-corrected chi connectivity index (χ4v) is 2.41. The molecule has 1 aromatic rings. The Bertz CT molecular complexity index is 461.